The zero-order valence-electron chi connectivity index (χ0n) is 18.6. The van der Waals surface area contributed by atoms with Crippen molar-refractivity contribution in [3.05, 3.63) is 106 Å². The van der Waals surface area contributed by atoms with Gasteiger partial charge in [-0.3, -0.25) is 9.59 Å². The first-order chi connectivity index (χ1) is 16.5. The molecule has 0 fully saturated rings. The summed E-state index contributed by atoms with van der Waals surface area (Å²) in [6.45, 7) is -0.142. The Morgan fingerprint density at radius 3 is 2.24 bits per heavy atom. The first-order valence-corrected chi connectivity index (χ1v) is 11.8. The fourth-order valence-corrected chi connectivity index (χ4v) is 5.38. The van der Waals surface area contributed by atoms with Crippen LogP contribution in [0.2, 0.25) is 5.02 Å². The number of hydrogen-bond acceptors (Lipinski definition) is 2. The van der Waals surface area contributed by atoms with Crippen LogP contribution in [0.1, 0.15) is 34.8 Å². The maximum Gasteiger partial charge on any atom is 0.323 e. The normalized spacial score (nSPS) is 15.3. The van der Waals surface area contributed by atoms with Crippen molar-refractivity contribution in [1.29, 1.82) is 0 Å². The Kier molecular flexibility index (Phi) is 6.12. The van der Waals surface area contributed by atoms with Crippen LogP contribution < -0.4 is 5.32 Å². The number of carboxylic acids is 1. The number of carboxylic acid groups (broad SMARTS) is 1. The third-order valence-electron chi connectivity index (χ3n) is 6.65. The van der Waals surface area contributed by atoms with E-state index in [4.69, 9.17) is 11.6 Å². The molecule has 1 amide bonds. The number of carbonyl (C=O) groups is 2. The molecule has 0 spiro atoms. The summed E-state index contributed by atoms with van der Waals surface area (Å²) >= 11 is 6.48. The summed E-state index contributed by atoms with van der Waals surface area (Å²) in [5.41, 5.74) is 4.80. The van der Waals surface area contributed by atoms with Crippen LogP contribution in [-0.4, -0.2) is 21.6 Å². The highest BCUT2D eigenvalue weighted by molar-refractivity contribution is 6.35. The minimum Gasteiger partial charge on any atom is -0.480 e. The van der Waals surface area contributed by atoms with Gasteiger partial charge in [0, 0.05) is 17.0 Å². The molecule has 0 bridgehead atoms. The number of halogens is 1. The second-order valence-corrected chi connectivity index (χ2v) is 9.15. The van der Waals surface area contributed by atoms with Crippen molar-refractivity contribution < 1.29 is 14.7 Å². The largest absolute Gasteiger partial charge is 0.480 e. The number of rotatable bonds is 6. The Balaban J connectivity index is 1.46. The van der Waals surface area contributed by atoms with E-state index in [1.54, 1.807) is 10.6 Å². The highest BCUT2D eigenvalue weighted by atomic mass is 35.5. The molecular weight excluding hydrogens is 448 g/mol. The highest BCUT2D eigenvalue weighted by Crippen LogP contribution is 2.37. The SMILES string of the molecule is O=C(O)Cn1c2c(c3cccc(Cl)c31)CC(C(=O)NC(c1ccccc1)c1ccccc1)CC2. The molecule has 1 aromatic heterocycles. The molecule has 1 unspecified atom stereocenters. The van der Waals surface area contributed by atoms with Crippen molar-refractivity contribution in [2.45, 2.75) is 31.8 Å². The number of fused-ring (bicyclic) bond motifs is 3. The van der Waals surface area contributed by atoms with E-state index < -0.39 is 5.97 Å². The van der Waals surface area contributed by atoms with Crippen LogP contribution in [0, 0.1) is 5.92 Å². The molecule has 4 aromatic rings. The molecular formula is C28H25ClN2O3. The molecule has 5 nitrogen and oxygen atoms in total. The number of amides is 1. The molecule has 1 heterocycles. The van der Waals surface area contributed by atoms with Gasteiger partial charge in [0.15, 0.2) is 0 Å². The van der Waals surface area contributed by atoms with Gasteiger partial charge in [0.05, 0.1) is 16.6 Å². The molecule has 1 aliphatic carbocycles. The van der Waals surface area contributed by atoms with Crippen LogP contribution in [-0.2, 0) is 29.0 Å². The van der Waals surface area contributed by atoms with Crippen molar-refractivity contribution in [2.24, 2.45) is 5.92 Å². The lowest BCUT2D eigenvalue weighted by Crippen LogP contribution is -2.37. The Morgan fingerprint density at radius 1 is 0.971 bits per heavy atom. The van der Waals surface area contributed by atoms with E-state index in [2.05, 4.69) is 5.32 Å². The van der Waals surface area contributed by atoms with E-state index in [1.165, 1.54) is 0 Å². The van der Waals surface area contributed by atoms with Crippen molar-refractivity contribution in [3.8, 4) is 0 Å². The smallest absolute Gasteiger partial charge is 0.323 e. The van der Waals surface area contributed by atoms with E-state index in [0.29, 0.717) is 24.3 Å². The first-order valence-electron chi connectivity index (χ1n) is 11.4. The topological polar surface area (TPSA) is 71.3 Å². The van der Waals surface area contributed by atoms with Crippen LogP contribution in [0.15, 0.2) is 78.9 Å². The summed E-state index contributed by atoms with van der Waals surface area (Å²) in [6.07, 6.45) is 1.84. The molecule has 1 aliphatic rings. The third-order valence-corrected chi connectivity index (χ3v) is 6.96. The molecule has 1 atom stereocenters. The fraction of sp³-hybridized carbons (Fsp3) is 0.214. The molecule has 172 valence electrons. The summed E-state index contributed by atoms with van der Waals surface area (Å²) in [5.74, 6) is -1.11. The van der Waals surface area contributed by atoms with E-state index in [-0.39, 0.29) is 24.4 Å². The Bertz CT molecular complexity index is 1310. The minimum absolute atomic E-state index is 0.00418. The number of aromatic nitrogens is 1. The highest BCUT2D eigenvalue weighted by Gasteiger charge is 2.31. The molecule has 6 heteroatoms. The summed E-state index contributed by atoms with van der Waals surface area (Å²) in [4.78, 5) is 25.1. The summed E-state index contributed by atoms with van der Waals surface area (Å²) in [5, 5.41) is 14.2. The molecule has 0 radical (unpaired) electrons. The number of hydrogen-bond donors (Lipinski definition) is 2. The van der Waals surface area contributed by atoms with Crippen molar-refractivity contribution >= 4 is 34.4 Å². The van der Waals surface area contributed by atoms with Crippen LogP contribution >= 0.6 is 11.6 Å². The van der Waals surface area contributed by atoms with Gasteiger partial charge in [0.25, 0.3) is 0 Å². The second-order valence-electron chi connectivity index (χ2n) is 8.74. The summed E-state index contributed by atoms with van der Waals surface area (Å²) < 4.78 is 1.81. The molecule has 2 N–H and O–H groups in total. The van der Waals surface area contributed by atoms with Crippen LogP contribution in [0.3, 0.4) is 0 Å². The van der Waals surface area contributed by atoms with Crippen molar-refractivity contribution in [3.63, 3.8) is 0 Å². The molecule has 3 aromatic carbocycles. The summed E-state index contributed by atoms with van der Waals surface area (Å²) in [7, 11) is 0. The minimum atomic E-state index is -0.909. The van der Waals surface area contributed by atoms with Crippen LogP contribution in [0.5, 0.6) is 0 Å². The molecule has 34 heavy (non-hydrogen) atoms. The number of benzene rings is 3. The molecule has 5 rings (SSSR count). The lowest BCUT2D eigenvalue weighted by atomic mass is 9.85. The monoisotopic (exact) mass is 472 g/mol. The Morgan fingerprint density at radius 2 is 1.62 bits per heavy atom. The van der Waals surface area contributed by atoms with E-state index >= 15 is 0 Å². The number of carbonyl (C=O) groups excluding carboxylic acids is 1. The molecule has 0 saturated heterocycles. The maximum atomic E-state index is 13.5. The lowest BCUT2D eigenvalue weighted by Gasteiger charge is -2.27. The van der Waals surface area contributed by atoms with Gasteiger partial charge in [-0.15, -0.1) is 0 Å². The maximum absolute atomic E-state index is 13.5. The predicted octanol–water partition coefficient (Wildman–Crippen LogP) is 5.39. The third kappa shape index (κ3) is 4.19. The second kappa shape index (κ2) is 9.35. The average Bonchev–Trinajstić information content (AvgIpc) is 3.17. The number of nitrogens with zero attached hydrogens (tertiary/aromatic N) is 1. The fourth-order valence-electron chi connectivity index (χ4n) is 5.10. The molecule has 0 saturated carbocycles. The Hall–Kier alpha value is -3.57. The van der Waals surface area contributed by atoms with Crippen molar-refractivity contribution in [1.82, 2.24) is 9.88 Å². The number of aliphatic carboxylic acids is 1. The quantitative estimate of drug-likeness (QED) is 0.395. The lowest BCUT2D eigenvalue weighted by molar-refractivity contribution is -0.137. The van der Waals surface area contributed by atoms with Gasteiger partial charge in [-0.1, -0.05) is 84.4 Å². The zero-order chi connectivity index (χ0) is 23.7. The van der Waals surface area contributed by atoms with Gasteiger partial charge >= 0.3 is 5.97 Å². The van der Waals surface area contributed by atoms with Gasteiger partial charge < -0.3 is 15.0 Å². The van der Waals surface area contributed by atoms with Gasteiger partial charge in [-0.05, 0) is 42.0 Å². The van der Waals surface area contributed by atoms with Crippen LogP contribution in [0.4, 0.5) is 0 Å². The zero-order valence-corrected chi connectivity index (χ0v) is 19.3. The Labute approximate surface area is 203 Å². The van der Waals surface area contributed by atoms with Gasteiger partial charge in [-0.25, -0.2) is 0 Å². The number of nitrogens with one attached hydrogen (secondary N) is 1. The van der Waals surface area contributed by atoms with Crippen LogP contribution in [0.25, 0.3) is 10.9 Å². The van der Waals surface area contributed by atoms with E-state index in [0.717, 1.165) is 33.3 Å². The van der Waals surface area contributed by atoms with Crippen molar-refractivity contribution in [2.75, 3.05) is 0 Å². The first kappa shape index (κ1) is 22.2. The van der Waals surface area contributed by atoms with E-state index in [1.807, 2.05) is 72.8 Å². The van der Waals surface area contributed by atoms with Gasteiger partial charge in [0.2, 0.25) is 5.91 Å². The number of para-hydroxylation sites is 1. The van der Waals surface area contributed by atoms with E-state index in [9.17, 15) is 14.7 Å². The standard InChI is InChI=1S/C28H25ClN2O3/c29-23-13-7-12-21-22-16-20(14-15-24(22)31(27(21)23)17-25(32)33)28(34)30-26(18-8-3-1-4-9-18)19-10-5-2-6-11-19/h1-13,20,26H,14-17H2,(H,30,34)(H,32,33). The van der Waals surface area contributed by atoms with Gasteiger partial charge in [0.1, 0.15) is 6.54 Å². The summed E-state index contributed by atoms with van der Waals surface area (Å²) in [6, 6.07) is 25.3. The van der Waals surface area contributed by atoms with Gasteiger partial charge in [-0.2, -0.15) is 0 Å². The predicted molar refractivity (Wildman–Crippen MR) is 133 cm³/mol. The average molecular weight is 473 g/mol. The molecule has 0 aliphatic heterocycles.